The number of H-pyrrole nitrogens is 1. The van der Waals surface area contributed by atoms with Crippen molar-refractivity contribution in [1.29, 1.82) is 0 Å². The molecule has 1 aliphatic heterocycles. The lowest BCUT2D eigenvalue weighted by atomic mass is 9.94. The molecule has 2 aromatic rings. The Morgan fingerprint density at radius 2 is 1.83 bits per heavy atom. The third-order valence-electron chi connectivity index (χ3n) is 6.06. The second kappa shape index (κ2) is 10.8. The lowest BCUT2D eigenvalue weighted by Crippen LogP contribution is -2.35. The van der Waals surface area contributed by atoms with Gasteiger partial charge in [-0.1, -0.05) is 19.1 Å². The van der Waals surface area contributed by atoms with Gasteiger partial charge in [-0.2, -0.15) is 0 Å². The number of methoxy groups -OCH3 is 1. The summed E-state index contributed by atoms with van der Waals surface area (Å²) in [7, 11) is 5.03. The molecule has 35 heavy (non-hydrogen) atoms. The van der Waals surface area contributed by atoms with Gasteiger partial charge in [-0.15, -0.1) is 0 Å². The number of ether oxygens (including phenoxy) is 2. The average Bonchev–Trinajstić information content (AvgIpc) is 3.27. The highest BCUT2D eigenvalue weighted by atomic mass is 16.5. The van der Waals surface area contributed by atoms with Gasteiger partial charge in [-0.25, -0.2) is 4.79 Å². The van der Waals surface area contributed by atoms with Crippen LogP contribution in [0.2, 0.25) is 0 Å². The number of benzene rings is 1. The second-order valence-corrected chi connectivity index (χ2v) is 8.83. The first kappa shape index (κ1) is 26.0. The first-order valence-corrected chi connectivity index (χ1v) is 11.6. The second-order valence-electron chi connectivity index (χ2n) is 8.83. The predicted octanol–water partition coefficient (Wildman–Crippen LogP) is 3.19. The summed E-state index contributed by atoms with van der Waals surface area (Å²) in [6, 6.07) is 6.39. The lowest BCUT2D eigenvalue weighted by molar-refractivity contribution is -0.140. The van der Waals surface area contributed by atoms with E-state index >= 15 is 0 Å². The SMILES string of the molecule is CCCOc1ccc([C@H]2C(=C(O)c3c(C)[nH]c(C(=O)OC)c3C)C(=O)C(=O)N2CCN(C)C)cc1. The zero-order valence-electron chi connectivity index (χ0n) is 21.1. The van der Waals surface area contributed by atoms with E-state index in [1.807, 2.05) is 25.9 Å². The largest absolute Gasteiger partial charge is 0.507 e. The Bertz CT molecular complexity index is 1150. The molecule has 0 radical (unpaired) electrons. The van der Waals surface area contributed by atoms with Crippen molar-refractivity contribution in [2.24, 2.45) is 0 Å². The zero-order chi connectivity index (χ0) is 25.9. The maximum Gasteiger partial charge on any atom is 0.354 e. The summed E-state index contributed by atoms with van der Waals surface area (Å²) in [5, 5.41) is 11.4. The molecule has 0 spiro atoms. The van der Waals surface area contributed by atoms with Gasteiger partial charge in [0.1, 0.15) is 17.2 Å². The standard InChI is InChI=1S/C26H33N3O6/c1-7-14-35-18-10-8-17(9-11-18)22-20(24(31)25(32)29(22)13-12-28(4)5)23(30)19-15(2)21(26(33)34-6)27-16(19)3/h8-11,22,27,30H,7,12-14H2,1-6H3/t22-/m0/s1. The Morgan fingerprint density at radius 1 is 1.17 bits per heavy atom. The Hall–Kier alpha value is -3.59. The molecule has 0 unspecified atom stereocenters. The fourth-order valence-corrected chi connectivity index (χ4v) is 4.28. The van der Waals surface area contributed by atoms with Gasteiger partial charge in [0, 0.05) is 24.3 Å². The molecule has 188 valence electrons. The van der Waals surface area contributed by atoms with Gasteiger partial charge in [0.05, 0.1) is 25.3 Å². The molecule has 9 heteroatoms. The van der Waals surface area contributed by atoms with Gasteiger partial charge < -0.3 is 29.4 Å². The molecule has 0 aliphatic carbocycles. The van der Waals surface area contributed by atoms with Gasteiger partial charge in [0.15, 0.2) is 0 Å². The average molecular weight is 484 g/mol. The summed E-state index contributed by atoms with van der Waals surface area (Å²) >= 11 is 0. The highest BCUT2D eigenvalue weighted by Crippen LogP contribution is 2.41. The van der Waals surface area contributed by atoms with Crippen LogP contribution in [0.3, 0.4) is 0 Å². The van der Waals surface area contributed by atoms with E-state index in [0.717, 1.165) is 6.42 Å². The topological polar surface area (TPSA) is 112 Å². The molecule has 1 aromatic carbocycles. The van der Waals surface area contributed by atoms with Crippen molar-refractivity contribution >= 4 is 23.4 Å². The maximum absolute atomic E-state index is 13.2. The molecule has 1 aromatic heterocycles. The maximum atomic E-state index is 13.2. The number of hydrogen-bond donors (Lipinski definition) is 2. The molecule has 1 saturated heterocycles. The van der Waals surface area contributed by atoms with Crippen LogP contribution in [0.4, 0.5) is 0 Å². The number of aryl methyl sites for hydroxylation is 1. The highest BCUT2D eigenvalue weighted by Gasteiger charge is 2.46. The number of likely N-dealkylation sites (tertiary alicyclic amines) is 1. The number of esters is 1. The number of carbonyl (C=O) groups excluding carboxylic acids is 3. The summed E-state index contributed by atoms with van der Waals surface area (Å²) < 4.78 is 10.5. The number of aliphatic hydroxyl groups is 1. The van der Waals surface area contributed by atoms with Crippen molar-refractivity contribution in [2.75, 3.05) is 40.9 Å². The molecule has 9 nitrogen and oxygen atoms in total. The number of nitrogens with zero attached hydrogens (tertiary/aromatic N) is 2. The number of carbonyl (C=O) groups is 3. The van der Waals surface area contributed by atoms with Gasteiger partial charge >= 0.3 is 5.97 Å². The van der Waals surface area contributed by atoms with Crippen molar-refractivity contribution in [3.8, 4) is 5.75 Å². The Morgan fingerprint density at radius 3 is 2.40 bits per heavy atom. The zero-order valence-corrected chi connectivity index (χ0v) is 21.1. The van der Waals surface area contributed by atoms with Crippen LogP contribution in [0, 0.1) is 13.8 Å². The Balaban J connectivity index is 2.16. The number of likely N-dealkylation sites (N-methyl/N-ethyl adjacent to an activating group) is 1. The van der Waals surface area contributed by atoms with Crippen molar-refractivity contribution in [1.82, 2.24) is 14.8 Å². The number of nitrogens with one attached hydrogen (secondary N) is 1. The number of ketones is 1. The monoisotopic (exact) mass is 483 g/mol. The van der Waals surface area contributed by atoms with Crippen molar-refractivity contribution in [3.63, 3.8) is 0 Å². The van der Waals surface area contributed by atoms with Crippen LogP contribution in [0.25, 0.3) is 5.76 Å². The molecular weight excluding hydrogens is 450 g/mol. The van der Waals surface area contributed by atoms with Crippen LogP contribution in [0.5, 0.6) is 5.75 Å². The van der Waals surface area contributed by atoms with E-state index in [-0.39, 0.29) is 17.0 Å². The number of Topliss-reactive ketones (excluding diaryl/α,β-unsaturated/α-hetero) is 1. The number of aromatic amines is 1. The van der Waals surface area contributed by atoms with Crippen LogP contribution in [0.15, 0.2) is 29.8 Å². The Labute approximate surface area is 205 Å². The van der Waals surface area contributed by atoms with E-state index in [4.69, 9.17) is 9.47 Å². The molecule has 1 atom stereocenters. The van der Waals surface area contributed by atoms with E-state index < -0.39 is 23.7 Å². The molecule has 2 N–H and O–H groups in total. The molecule has 1 fully saturated rings. The normalized spacial score (nSPS) is 17.3. The van der Waals surface area contributed by atoms with Crippen LogP contribution >= 0.6 is 0 Å². The van der Waals surface area contributed by atoms with E-state index in [9.17, 15) is 19.5 Å². The summed E-state index contributed by atoms with van der Waals surface area (Å²) in [6.45, 7) is 6.77. The van der Waals surface area contributed by atoms with Gasteiger partial charge in [0.2, 0.25) is 0 Å². The van der Waals surface area contributed by atoms with Crippen LogP contribution in [0.1, 0.15) is 52.3 Å². The number of aliphatic hydroxyl groups excluding tert-OH is 1. The first-order chi connectivity index (χ1) is 16.6. The lowest BCUT2D eigenvalue weighted by Gasteiger charge is -2.26. The molecule has 0 saturated carbocycles. The Kier molecular flexibility index (Phi) is 8.01. The molecule has 1 aliphatic rings. The fraction of sp³-hybridized carbons (Fsp3) is 0.423. The third kappa shape index (κ3) is 5.09. The molecule has 1 amide bonds. The van der Waals surface area contributed by atoms with Gasteiger partial charge in [-0.3, -0.25) is 9.59 Å². The summed E-state index contributed by atoms with van der Waals surface area (Å²) in [6.07, 6.45) is 0.870. The number of hydrogen-bond acceptors (Lipinski definition) is 7. The fourth-order valence-electron chi connectivity index (χ4n) is 4.28. The molecule has 3 rings (SSSR count). The van der Waals surface area contributed by atoms with E-state index in [0.29, 0.717) is 47.8 Å². The molecule has 0 bridgehead atoms. The van der Waals surface area contributed by atoms with Crippen molar-refractivity contribution in [2.45, 2.75) is 33.2 Å². The van der Waals surface area contributed by atoms with Gasteiger partial charge in [0.25, 0.3) is 11.7 Å². The van der Waals surface area contributed by atoms with Crippen molar-refractivity contribution < 1.29 is 29.0 Å². The number of aromatic nitrogens is 1. The minimum Gasteiger partial charge on any atom is -0.507 e. The molecule has 2 heterocycles. The predicted molar refractivity (Wildman–Crippen MR) is 131 cm³/mol. The van der Waals surface area contributed by atoms with Gasteiger partial charge in [-0.05, 0) is 57.6 Å². The van der Waals surface area contributed by atoms with Crippen LogP contribution < -0.4 is 4.74 Å². The van der Waals surface area contributed by atoms with Crippen LogP contribution in [-0.2, 0) is 14.3 Å². The third-order valence-corrected chi connectivity index (χ3v) is 6.06. The summed E-state index contributed by atoms with van der Waals surface area (Å²) in [5.74, 6) is -1.68. The van der Waals surface area contributed by atoms with E-state index in [1.54, 1.807) is 38.1 Å². The molecular formula is C26H33N3O6. The minimum atomic E-state index is -0.787. The van der Waals surface area contributed by atoms with E-state index in [2.05, 4.69) is 4.98 Å². The highest BCUT2D eigenvalue weighted by molar-refractivity contribution is 6.46. The van der Waals surface area contributed by atoms with Crippen molar-refractivity contribution in [3.05, 3.63) is 57.9 Å². The number of rotatable bonds is 9. The summed E-state index contributed by atoms with van der Waals surface area (Å²) in [4.78, 5) is 44.8. The smallest absolute Gasteiger partial charge is 0.354 e. The summed E-state index contributed by atoms with van der Waals surface area (Å²) in [5.41, 5.74) is 2.08. The van der Waals surface area contributed by atoms with Crippen LogP contribution in [-0.4, -0.2) is 78.5 Å². The number of amides is 1. The minimum absolute atomic E-state index is 0.0161. The quantitative estimate of drug-likeness (QED) is 0.244. The first-order valence-electron chi connectivity index (χ1n) is 11.6. The van der Waals surface area contributed by atoms with E-state index in [1.165, 1.54) is 12.0 Å².